The Labute approximate surface area is 215 Å². The number of aromatic nitrogens is 1. The molecule has 7 rings (SSSR count). The van der Waals surface area contributed by atoms with Crippen LogP contribution in [-0.4, -0.2) is 16.0 Å². The number of hydrogen-bond donors (Lipinski definition) is 1. The Bertz CT molecular complexity index is 1220. The first-order valence-corrected chi connectivity index (χ1v) is 13.7. The summed E-state index contributed by atoms with van der Waals surface area (Å²) in [6.45, 7) is 5.14. The number of carbonyl (C=O) groups excluding carboxylic acids is 1. The van der Waals surface area contributed by atoms with E-state index in [4.69, 9.17) is 4.74 Å². The molecule has 4 aliphatic rings. The topological polar surface area (TPSA) is 43.3 Å². The van der Waals surface area contributed by atoms with Crippen LogP contribution in [0.25, 0.3) is 10.9 Å². The molecule has 4 nitrogen and oxygen atoms in total. The zero-order valence-electron chi connectivity index (χ0n) is 20.1. The van der Waals surface area contributed by atoms with Gasteiger partial charge in [0.25, 0.3) is 0 Å². The molecule has 182 valence electrons. The highest BCUT2D eigenvalue weighted by Gasteiger charge is 2.51. The predicted octanol–water partition coefficient (Wildman–Crippen LogP) is 6.80. The molecule has 4 aliphatic carbocycles. The first-order valence-electron chi connectivity index (χ1n) is 12.9. The third kappa shape index (κ3) is 4.67. The van der Waals surface area contributed by atoms with E-state index in [9.17, 15) is 4.79 Å². The maximum Gasteiger partial charge on any atom is 0.224 e. The molecule has 4 saturated carbocycles. The minimum absolute atomic E-state index is 0.0459. The van der Waals surface area contributed by atoms with Crippen LogP contribution in [0.5, 0.6) is 5.75 Å². The second-order valence-electron chi connectivity index (χ2n) is 11.1. The van der Waals surface area contributed by atoms with Crippen LogP contribution in [0.1, 0.15) is 49.7 Å². The lowest BCUT2D eigenvalue weighted by Gasteiger charge is -2.56. The molecule has 0 aliphatic heterocycles. The molecule has 1 amide bonds. The van der Waals surface area contributed by atoms with E-state index in [1.54, 1.807) is 0 Å². The SMILES string of the molecule is C=CCn1cc(CC(=O)NC23CC4CC(CC(C4)C2)C3)c2cc(OCc3ccc(Br)cc3)ccc21. The highest BCUT2D eigenvalue weighted by molar-refractivity contribution is 9.10. The Morgan fingerprint density at radius 3 is 2.43 bits per heavy atom. The van der Waals surface area contributed by atoms with Crippen LogP contribution < -0.4 is 10.1 Å². The van der Waals surface area contributed by atoms with Gasteiger partial charge in [0.1, 0.15) is 12.4 Å². The fourth-order valence-corrected chi connectivity index (χ4v) is 7.66. The number of allylic oxidation sites excluding steroid dienone is 1. The fraction of sp³-hybridized carbons (Fsp3) is 0.433. The Hall–Kier alpha value is -2.53. The molecule has 0 saturated heterocycles. The Balaban J connectivity index is 1.21. The maximum absolute atomic E-state index is 13.4. The van der Waals surface area contributed by atoms with Crippen molar-refractivity contribution < 1.29 is 9.53 Å². The van der Waals surface area contributed by atoms with Gasteiger partial charge in [0.05, 0.1) is 6.42 Å². The van der Waals surface area contributed by atoms with Gasteiger partial charge in [-0.2, -0.15) is 0 Å². The van der Waals surface area contributed by atoms with Crippen LogP contribution in [0, 0.1) is 17.8 Å². The van der Waals surface area contributed by atoms with Crippen molar-refractivity contribution in [3.05, 3.63) is 76.9 Å². The molecule has 2 aromatic carbocycles. The molecule has 1 aromatic heterocycles. The lowest BCUT2D eigenvalue weighted by Crippen LogP contribution is -2.60. The van der Waals surface area contributed by atoms with E-state index in [1.807, 2.05) is 24.3 Å². The number of nitrogens with zero attached hydrogens (tertiary/aromatic N) is 1. The van der Waals surface area contributed by atoms with Gasteiger partial charge in [-0.25, -0.2) is 0 Å². The van der Waals surface area contributed by atoms with E-state index in [1.165, 1.54) is 38.5 Å². The Morgan fingerprint density at radius 2 is 1.77 bits per heavy atom. The van der Waals surface area contributed by atoms with Crippen LogP contribution in [0.3, 0.4) is 0 Å². The summed E-state index contributed by atoms with van der Waals surface area (Å²) < 4.78 is 9.35. The number of amides is 1. The number of hydrogen-bond acceptors (Lipinski definition) is 2. The fourth-order valence-electron chi connectivity index (χ4n) is 7.39. The van der Waals surface area contributed by atoms with Crippen LogP contribution >= 0.6 is 15.9 Å². The highest BCUT2D eigenvalue weighted by Crippen LogP contribution is 2.55. The summed E-state index contributed by atoms with van der Waals surface area (Å²) >= 11 is 3.48. The second-order valence-corrected chi connectivity index (χ2v) is 12.0. The summed E-state index contributed by atoms with van der Waals surface area (Å²) in [5, 5.41) is 4.63. The van der Waals surface area contributed by atoms with Gasteiger partial charge < -0.3 is 14.6 Å². The van der Waals surface area contributed by atoms with Crippen molar-refractivity contribution in [2.75, 3.05) is 0 Å². The first-order chi connectivity index (χ1) is 17.0. The molecule has 4 fully saturated rings. The Morgan fingerprint density at radius 1 is 1.09 bits per heavy atom. The number of benzene rings is 2. The molecule has 0 unspecified atom stereocenters. The third-order valence-electron chi connectivity index (χ3n) is 8.37. The van der Waals surface area contributed by atoms with Crippen molar-refractivity contribution >= 4 is 32.7 Å². The maximum atomic E-state index is 13.4. The molecule has 1 heterocycles. The van der Waals surface area contributed by atoms with Crippen molar-refractivity contribution in [2.45, 2.75) is 63.6 Å². The van der Waals surface area contributed by atoms with Crippen molar-refractivity contribution in [1.29, 1.82) is 0 Å². The number of halogens is 1. The minimum Gasteiger partial charge on any atom is -0.489 e. The Kier molecular flexibility index (Phi) is 6.00. The van der Waals surface area contributed by atoms with Crippen LogP contribution in [0.2, 0.25) is 0 Å². The lowest BCUT2D eigenvalue weighted by atomic mass is 9.53. The van der Waals surface area contributed by atoms with Gasteiger partial charge >= 0.3 is 0 Å². The van der Waals surface area contributed by atoms with E-state index < -0.39 is 0 Å². The van der Waals surface area contributed by atoms with Crippen molar-refractivity contribution in [1.82, 2.24) is 9.88 Å². The number of carbonyl (C=O) groups is 1. The summed E-state index contributed by atoms with van der Waals surface area (Å²) in [6, 6.07) is 14.4. The normalized spacial score (nSPS) is 26.7. The number of rotatable bonds is 8. The zero-order valence-corrected chi connectivity index (χ0v) is 21.7. The quantitative estimate of drug-likeness (QED) is 0.324. The van der Waals surface area contributed by atoms with E-state index >= 15 is 0 Å². The molecule has 0 spiro atoms. The van der Waals surface area contributed by atoms with E-state index in [2.05, 4.69) is 62.9 Å². The van der Waals surface area contributed by atoms with Crippen LogP contribution in [0.15, 0.2) is 65.8 Å². The average molecular weight is 534 g/mol. The van der Waals surface area contributed by atoms with Crippen molar-refractivity contribution in [2.24, 2.45) is 17.8 Å². The smallest absolute Gasteiger partial charge is 0.224 e. The highest BCUT2D eigenvalue weighted by atomic mass is 79.9. The van der Waals surface area contributed by atoms with Gasteiger partial charge in [0, 0.05) is 33.7 Å². The largest absolute Gasteiger partial charge is 0.489 e. The summed E-state index contributed by atoms with van der Waals surface area (Å²) in [5.41, 5.74) is 3.33. The first kappa shape index (κ1) is 22.9. The number of fused-ring (bicyclic) bond motifs is 1. The van der Waals surface area contributed by atoms with Gasteiger partial charge in [-0.05, 0) is 97.7 Å². The molecule has 4 bridgehead atoms. The molecule has 3 aromatic rings. The average Bonchev–Trinajstić information content (AvgIpc) is 3.14. The molecule has 1 N–H and O–H groups in total. The molecular weight excluding hydrogens is 500 g/mol. The standard InChI is InChI=1S/C30H33BrN2O2/c1-2-9-33-18-24(13-29(34)32-30-15-21-10-22(16-30)12-23(11-21)17-30)27-14-26(7-8-28(27)33)35-19-20-3-5-25(31)6-4-20/h2-8,14,18,21-23H,1,9-13,15-17,19H2,(H,32,34). The predicted molar refractivity (Wildman–Crippen MR) is 143 cm³/mol. The van der Waals surface area contributed by atoms with Crippen LogP contribution in [-0.2, 0) is 24.4 Å². The number of nitrogens with one attached hydrogen (secondary N) is 1. The van der Waals surface area contributed by atoms with Gasteiger partial charge in [0.2, 0.25) is 5.91 Å². The van der Waals surface area contributed by atoms with Crippen molar-refractivity contribution in [3.63, 3.8) is 0 Å². The second kappa shape index (κ2) is 9.16. The van der Waals surface area contributed by atoms with Gasteiger partial charge in [-0.3, -0.25) is 4.79 Å². The van der Waals surface area contributed by atoms with E-state index in [-0.39, 0.29) is 11.4 Å². The number of ether oxygens (including phenoxy) is 1. The lowest BCUT2D eigenvalue weighted by molar-refractivity contribution is -0.126. The summed E-state index contributed by atoms with van der Waals surface area (Å²) in [4.78, 5) is 13.4. The van der Waals surface area contributed by atoms with Crippen molar-refractivity contribution in [3.8, 4) is 5.75 Å². The third-order valence-corrected chi connectivity index (χ3v) is 8.90. The van der Waals surface area contributed by atoms with E-state index in [0.29, 0.717) is 19.6 Å². The van der Waals surface area contributed by atoms with Gasteiger partial charge in [0.15, 0.2) is 0 Å². The summed E-state index contributed by atoms with van der Waals surface area (Å²) in [6.07, 6.45) is 12.1. The summed E-state index contributed by atoms with van der Waals surface area (Å²) in [5.74, 6) is 3.44. The van der Waals surface area contributed by atoms with Gasteiger partial charge in [-0.15, -0.1) is 6.58 Å². The van der Waals surface area contributed by atoms with E-state index in [0.717, 1.165) is 50.0 Å². The minimum atomic E-state index is 0.0459. The monoisotopic (exact) mass is 532 g/mol. The summed E-state index contributed by atoms with van der Waals surface area (Å²) in [7, 11) is 0. The molecular formula is C30H33BrN2O2. The molecule has 5 heteroatoms. The van der Waals surface area contributed by atoms with Gasteiger partial charge in [-0.1, -0.05) is 34.1 Å². The zero-order chi connectivity index (χ0) is 24.0. The molecule has 35 heavy (non-hydrogen) atoms. The molecule has 0 atom stereocenters. The molecule has 0 radical (unpaired) electrons. The van der Waals surface area contributed by atoms with Crippen LogP contribution in [0.4, 0.5) is 0 Å².